The van der Waals surface area contributed by atoms with E-state index in [4.69, 9.17) is 9.47 Å². The SMILES string of the molecule is Cc1ccc(S(=O)(=O)NCCC(=O)Nc2ccc(C)cc2OCC2CCCO2)c(C)c1. The highest BCUT2D eigenvalue weighted by Gasteiger charge is 2.19. The minimum Gasteiger partial charge on any atom is -0.489 e. The Balaban J connectivity index is 1.55. The van der Waals surface area contributed by atoms with Crippen LogP contribution in [0.2, 0.25) is 0 Å². The van der Waals surface area contributed by atoms with Gasteiger partial charge < -0.3 is 14.8 Å². The van der Waals surface area contributed by atoms with Crippen molar-refractivity contribution in [2.45, 2.75) is 51.0 Å². The number of aryl methyl sites for hydroxylation is 3. The van der Waals surface area contributed by atoms with Crippen molar-refractivity contribution in [2.24, 2.45) is 0 Å². The van der Waals surface area contributed by atoms with Gasteiger partial charge in [0.2, 0.25) is 15.9 Å². The van der Waals surface area contributed by atoms with E-state index in [9.17, 15) is 13.2 Å². The van der Waals surface area contributed by atoms with Crippen LogP contribution in [0.15, 0.2) is 41.3 Å². The number of rotatable bonds is 9. The van der Waals surface area contributed by atoms with Gasteiger partial charge in [-0.2, -0.15) is 0 Å². The number of hydrogen-bond donors (Lipinski definition) is 2. The first kappa shape index (κ1) is 23.2. The summed E-state index contributed by atoms with van der Waals surface area (Å²) in [5, 5.41) is 2.82. The van der Waals surface area contributed by atoms with E-state index in [2.05, 4.69) is 10.0 Å². The predicted molar refractivity (Wildman–Crippen MR) is 120 cm³/mol. The molecule has 31 heavy (non-hydrogen) atoms. The fraction of sp³-hybridized carbons (Fsp3) is 0.435. The molecule has 0 spiro atoms. The molecule has 0 aliphatic carbocycles. The third-order valence-electron chi connectivity index (χ3n) is 5.12. The van der Waals surface area contributed by atoms with Crippen molar-refractivity contribution in [3.8, 4) is 5.75 Å². The molecule has 0 radical (unpaired) electrons. The standard InChI is InChI=1S/C23H30N2O5S/c1-16-7-9-22(18(3)13-16)31(27,28)24-11-10-23(26)25-20-8-6-17(2)14-21(20)30-15-19-5-4-12-29-19/h6-9,13-14,19,24H,4-5,10-12,15H2,1-3H3,(H,25,26). The van der Waals surface area contributed by atoms with Gasteiger partial charge >= 0.3 is 0 Å². The van der Waals surface area contributed by atoms with E-state index in [0.717, 1.165) is 30.6 Å². The molecule has 168 valence electrons. The van der Waals surface area contributed by atoms with E-state index in [1.165, 1.54) is 0 Å². The lowest BCUT2D eigenvalue weighted by molar-refractivity contribution is -0.116. The van der Waals surface area contributed by atoms with Gasteiger partial charge in [0, 0.05) is 19.6 Å². The van der Waals surface area contributed by atoms with Crippen LogP contribution < -0.4 is 14.8 Å². The van der Waals surface area contributed by atoms with Gasteiger partial charge in [0.15, 0.2) is 0 Å². The number of anilines is 1. The summed E-state index contributed by atoms with van der Waals surface area (Å²) in [6.45, 7) is 6.80. The number of nitrogens with one attached hydrogen (secondary N) is 2. The minimum atomic E-state index is -3.68. The third-order valence-corrected chi connectivity index (χ3v) is 6.75. The quantitative estimate of drug-likeness (QED) is 0.615. The number of carbonyl (C=O) groups is 1. The van der Waals surface area contributed by atoms with Crippen molar-refractivity contribution in [3.05, 3.63) is 53.1 Å². The highest BCUT2D eigenvalue weighted by Crippen LogP contribution is 2.27. The molecule has 2 N–H and O–H groups in total. The maximum absolute atomic E-state index is 12.5. The molecular weight excluding hydrogens is 416 g/mol. The van der Waals surface area contributed by atoms with Gasteiger partial charge in [-0.25, -0.2) is 13.1 Å². The van der Waals surface area contributed by atoms with Crippen LogP contribution in [0.25, 0.3) is 0 Å². The predicted octanol–water partition coefficient (Wildman–Crippen LogP) is 3.48. The molecule has 1 heterocycles. The summed E-state index contributed by atoms with van der Waals surface area (Å²) < 4.78 is 39.0. The Morgan fingerprint density at radius 2 is 1.87 bits per heavy atom. The number of ether oxygens (including phenoxy) is 2. The number of benzene rings is 2. The van der Waals surface area contributed by atoms with Gasteiger partial charge in [0.25, 0.3) is 0 Å². The van der Waals surface area contributed by atoms with Gasteiger partial charge in [-0.3, -0.25) is 4.79 Å². The molecule has 1 unspecified atom stereocenters. The molecule has 1 amide bonds. The molecule has 3 rings (SSSR count). The molecule has 7 nitrogen and oxygen atoms in total. The van der Waals surface area contributed by atoms with Crippen LogP contribution in [0.4, 0.5) is 5.69 Å². The second-order valence-corrected chi connectivity index (χ2v) is 9.65. The Morgan fingerprint density at radius 3 is 2.58 bits per heavy atom. The molecule has 2 aromatic rings. The van der Waals surface area contributed by atoms with Gasteiger partial charge in [-0.15, -0.1) is 0 Å². The molecule has 1 fully saturated rings. The number of amides is 1. The zero-order chi connectivity index (χ0) is 22.4. The van der Waals surface area contributed by atoms with Gasteiger partial charge in [-0.05, 0) is 62.9 Å². The molecule has 0 aromatic heterocycles. The molecule has 8 heteroatoms. The van der Waals surface area contributed by atoms with Crippen LogP contribution in [0, 0.1) is 20.8 Å². The van der Waals surface area contributed by atoms with Crippen molar-refractivity contribution in [1.82, 2.24) is 4.72 Å². The highest BCUT2D eigenvalue weighted by molar-refractivity contribution is 7.89. The molecule has 1 aliphatic rings. The minimum absolute atomic E-state index is 0.000547. The molecule has 2 aromatic carbocycles. The van der Waals surface area contributed by atoms with Crippen LogP contribution in [0.5, 0.6) is 5.75 Å². The molecule has 1 saturated heterocycles. The topological polar surface area (TPSA) is 93.7 Å². The fourth-order valence-electron chi connectivity index (χ4n) is 3.50. The largest absolute Gasteiger partial charge is 0.489 e. The van der Waals surface area contributed by atoms with E-state index in [-0.39, 0.29) is 29.9 Å². The third kappa shape index (κ3) is 6.53. The second-order valence-electron chi connectivity index (χ2n) is 7.91. The zero-order valence-electron chi connectivity index (χ0n) is 18.2. The van der Waals surface area contributed by atoms with Crippen molar-refractivity contribution in [2.75, 3.05) is 25.1 Å². The Morgan fingerprint density at radius 1 is 1.13 bits per heavy atom. The number of hydrogen-bond acceptors (Lipinski definition) is 5. The first-order valence-corrected chi connectivity index (χ1v) is 11.9. The zero-order valence-corrected chi connectivity index (χ0v) is 19.1. The summed E-state index contributed by atoms with van der Waals surface area (Å²) in [4.78, 5) is 12.6. The van der Waals surface area contributed by atoms with Crippen LogP contribution >= 0.6 is 0 Å². The lowest BCUT2D eigenvalue weighted by atomic mass is 10.2. The monoisotopic (exact) mass is 446 g/mol. The second kappa shape index (κ2) is 10.3. The van der Waals surface area contributed by atoms with Crippen LogP contribution in [-0.2, 0) is 19.6 Å². The Hall–Kier alpha value is -2.42. The molecule has 1 atom stereocenters. The van der Waals surface area contributed by atoms with E-state index < -0.39 is 10.0 Å². The van der Waals surface area contributed by atoms with Crippen LogP contribution in [0.3, 0.4) is 0 Å². The molecule has 1 aliphatic heterocycles. The summed E-state index contributed by atoms with van der Waals surface area (Å²) in [6.07, 6.45) is 2.07. The molecule has 0 bridgehead atoms. The van der Waals surface area contributed by atoms with Gasteiger partial charge in [-0.1, -0.05) is 23.8 Å². The van der Waals surface area contributed by atoms with Crippen LogP contribution in [0.1, 0.15) is 36.0 Å². The Labute approximate surface area is 184 Å². The average Bonchev–Trinajstić information content (AvgIpc) is 3.21. The summed E-state index contributed by atoms with van der Waals surface area (Å²) in [5.74, 6) is 0.286. The lowest BCUT2D eigenvalue weighted by Gasteiger charge is -2.16. The van der Waals surface area contributed by atoms with E-state index >= 15 is 0 Å². The normalized spacial score (nSPS) is 16.3. The van der Waals surface area contributed by atoms with Crippen molar-refractivity contribution in [3.63, 3.8) is 0 Å². The van der Waals surface area contributed by atoms with Crippen molar-refractivity contribution < 1.29 is 22.7 Å². The van der Waals surface area contributed by atoms with Gasteiger partial charge in [0.05, 0.1) is 16.7 Å². The maximum Gasteiger partial charge on any atom is 0.240 e. The van der Waals surface area contributed by atoms with E-state index in [1.54, 1.807) is 25.1 Å². The Bertz CT molecular complexity index is 1030. The summed E-state index contributed by atoms with van der Waals surface area (Å²) in [7, 11) is -3.68. The first-order valence-electron chi connectivity index (χ1n) is 10.5. The lowest BCUT2D eigenvalue weighted by Crippen LogP contribution is -2.28. The maximum atomic E-state index is 12.5. The van der Waals surface area contributed by atoms with Gasteiger partial charge in [0.1, 0.15) is 12.4 Å². The van der Waals surface area contributed by atoms with E-state index in [1.807, 2.05) is 32.0 Å². The summed E-state index contributed by atoms with van der Waals surface area (Å²) >= 11 is 0. The summed E-state index contributed by atoms with van der Waals surface area (Å²) in [5.41, 5.74) is 3.24. The smallest absolute Gasteiger partial charge is 0.240 e. The van der Waals surface area contributed by atoms with Crippen molar-refractivity contribution >= 4 is 21.6 Å². The number of sulfonamides is 1. The van der Waals surface area contributed by atoms with Crippen LogP contribution in [-0.4, -0.2) is 40.2 Å². The average molecular weight is 447 g/mol. The molecular formula is C23H30N2O5S. The van der Waals surface area contributed by atoms with Crippen molar-refractivity contribution in [1.29, 1.82) is 0 Å². The summed E-state index contributed by atoms with van der Waals surface area (Å²) in [6, 6.07) is 10.7. The molecule has 0 saturated carbocycles. The van der Waals surface area contributed by atoms with E-state index in [0.29, 0.717) is 23.6 Å². The first-order chi connectivity index (χ1) is 14.7. The fourth-order valence-corrected chi connectivity index (χ4v) is 4.76. The highest BCUT2D eigenvalue weighted by atomic mass is 32.2. The number of carbonyl (C=O) groups excluding carboxylic acids is 1. The Kier molecular flexibility index (Phi) is 7.69.